The van der Waals surface area contributed by atoms with Crippen molar-refractivity contribution in [2.24, 2.45) is 0 Å². The van der Waals surface area contributed by atoms with Gasteiger partial charge in [-0.3, -0.25) is 0 Å². The van der Waals surface area contributed by atoms with E-state index in [2.05, 4.69) is 15.9 Å². The summed E-state index contributed by atoms with van der Waals surface area (Å²) >= 11 is 9.29. The molecule has 0 fully saturated rings. The molecule has 0 amide bonds. The lowest BCUT2D eigenvalue weighted by Gasteiger charge is -2.03. The van der Waals surface area contributed by atoms with Crippen LogP contribution in [0.4, 0.5) is 0 Å². The van der Waals surface area contributed by atoms with Crippen molar-refractivity contribution < 1.29 is 14.3 Å². The molecule has 2 aromatic rings. The van der Waals surface area contributed by atoms with Gasteiger partial charge in [-0.25, -0.2) is 4.79 Å². The molecule has 3 nitrogen and oxygen atoms in total. The molecule has 0 aliphatic heterocycles. The van der Waals surface area contributed by atoms with Gasteiger partial charge in [0.05, 0.1) is 21.3 Å². The van der Waals surface area contributed by atoms with Gasteiger partial charge in [0.25, 0.3) is 0 Å². The summed E-state index contributed by atoms with van der Waals surface area (Å²) in [5.74, 6) is -0.478. The molecular formula is C11H6BrClO3. The number of carboxylic acid groups (broad SMARTS) is 1. The van der Waals surface area contributed by atoms with Gasteiger partial charge in [-0.05, 0) is 40.2 Å². The second-order valence-electron chi connectivity index (χ2n) is 3.10. The maximum absolute atomic E-state index is 10.8. The van der Waals surface area contributed by atoms with Gasteiger partial charge in [0.2, 0.25) is 0 Å². The highest BCUT2D eigenvalue weighted by molar-refractivity contribution is 9.10. The van der Waals surface area contributed by atoms with Crippen molar-refractivity contribution in [3.63, 3.8) is 0 Å². The molecule has 1 aromatic carbocycles. The van der Waals surface area contributed by atoms with E-state index in [0.29, 0.717) is 16.3 Å². The third-order valence-corrected chi connectivity index (χ3v) is 3.03. The SMILES string of the molecule is O=C(O)c1ccc(Cl)c(-c2occc2Br)c1. The van der Waals surface area contributed by atoms with Crippen LogP contribution in [0.2, 0.25) is 5.02 Å². The minimum Gasteiger partial charge on any atom is -0.478 e. The zero-order chi connectivity index (χ0) is 11.7. The van der Waals surface area contributed by atoms with E-state index < -0.39 is 5.97 Å². The van der Waals surface area contributed by atoms with Gasteiger partial charge in [0.15, 0.2) is 0 Å². The summed E-state index contributed by atoms with van der Waals surface area (Å²) in [6.07, 6.45) is 1.50. The van der Waals surface area contributed by atoms with Crippen LogP contribution < -0.4 is 0 Å². The maximum Gasteiger partial charge on any atom is 0.335 e. The quantitative estimate of drug-likeness (QED) is 0.910. The van der Waals surface area contributed by atoms with Gasteiger partial charge in [-0.15, -0.1) is 0 Å². The van der Waals surface area contributed by atoms with Crippen molar-refractivity contribution in [1.29, 1.82) is 0 Å². The molecule has 5 heteroatoms. The monoisotopic (exact) mass is 300 g/mol. The second-order valence-corrected chi connectivity index (χ2v) is 4.36. The third-order valence-electron chi connectivity index (χ3n) is 2.08. The number of hydrogen-bond acceptors (Lipinski definition) is 2. The van der Waals surface area contributed by atoms with Crippen molar-refractivity contribution in [3.05, 3.63) is 45.6 Å². The summed E-state index contributed by atoms with van der Waals surface area (Å²) in [6, 6.07) is 6.19. The fourth-order valence-corrected chi connectivity index (χ4v) is 1.94. The predicted octanol–water partition coefficient (Wildman–Crippen LogP) is 4.06. The van der Waals surface area contributed by atoms with Crippen LogP contribution in [0.15, 0.2) is 39.4 Å². The molecule has 0 radical (unpaired) electrons. The van der Waals surface area contributed by atoms with Gasteiger partial charge < -0.3 is 9.52 Å². The Hall–Kier alpha value is -1.26. The molecule has 0 unspecified atom stereocenters. The summed E-state index contributed by atoms with van der Waals surface area (Å²) in [4.78, 5) is 10.8. The Morgan fingerprint density at radius 1 is 1.38 bits per heavy atom. The lowest BCUT2D eigenvalue weighted by molar-refractivity contribution is 0.0697. The van der Waals surface area contributed by atoms with Gasteiger partial charge >= 0.3 is 5.97 Å². The summed E-state index contributed by atoms with van der Waals surface area (Å²) in [6.45, 7) is 0. The van der Waals surface area contributed by atoms with E-state index >= 15 is 0 Å². The average Bonchev–Trinajstić information content (AvgIpc) is 2.65. The molecule has 2 rings (SSSR count). The van der Waals surface area contributed by atoms with Crippen LogP contribution in [0.1, 0.15) is 10.4 Å². The lowest BCUT2D eigenvalue weighted by atomic mass is 10.1. The van der Waals surface area contributed by atoms with Gasteiger partial charge in [-0.1, -0.05) is 11.6 Å². The van der Waals surface area contributed by atoms with Crippen molar-refractivity contribution in [1.82, 2.24) is 0 Å². The zero-order valence-electron chi connectivity index (χ0n) is 7.91. The Morgan fingerprint density at radius 2 is 2.12 bits per heavy atom. The molecule has 1 heterocycles. The number of aromatic carboxylic acids is 1. The van der Waals surface area contributed by atoms with Crippen LogP contribution in [-0.2, 0) is 0 Å². The number of carboxylic acids is 1. The van der Waals surface area contributed by atoms with Crippen LogP contribution >= 0.6 is 27.5 Å². The predicted molar refractivity (Wildman–Crippen MR) is 63.8 cm³/mol. The highest BCUT2D eigenvalue weighted by atomic mass is 79.9. The van der Waals surface area contributed by atoms with Crippen LogP contribution in [0.3, 0.4) is 0 Å². The highest BCUT2D eigenvalue weighted by Crippen LogP contribution is 2.34. The molecule has 82 valence electrons. The molecule has 16 heavy (non-hydrogen) atoms. The number of benzene rings is 1. The number of halogens is 2. The van der Waals surface area contributed by atoms with E-state index in [-0.39, 0.29) is 5.56 Å². The Balaban J connectivity index is 2.60. The summed E-state index contributed by atoms with van der Waals surface area (Å²) < 4.78 is 5.97. The van der Waals surface area contributed by atoms with Crippen LogP contribution in [0, 0.1) is 0 Å². The molecular weight excluding hydrogens is 295 g/mol. The molecule has 0 bridgehead atoms. The standard InChI is InChI=1S/C11H6BrClO3/c12-8-3-4-16-10(8)7-5-6(11(14)15)1-2-9(7)13/h1-5H,(H,14,15). The van der Waals surface area contributed by atoms with Crippen molar-refractivity contribution in [2.75, 3.05) is 0 Å². The molecule has 0 spiro atoms. The molecule has 0 saturated heterocycles. The number of furan rings is 1. The first-order chi connectivity index (χ1) is 7.59. The van der Waals surface area contributed by atoms with E-state index in [0.717, 1.165) is 4.47 Å². The fourth-order valence-electron chi connectivity index (χ4n) is 1.32. The van der Waals surface area contributed by atoms with E-state index in [4.69, 9.17) is 21.1 Å². The van der Waals surface area contributed by atoms with Crippen molar-refractivity contribution in [3.8, 4) is 11.3 Å². The van der Waals surface area contributed by atoms with Crippen LogP contribution in [0.25, 0.3) is 11.3 Å². The highest BCUT2D eigenvalue weighted by Gasteiger charge is 2.13. The molecule has 1 aromatic heterocycles. The fraction of sp³-hybridized carbons (Fsp3) is 0. The molecule has 0 saturated carbocycles. The van der Waals surface area contributed by atoms with Gasteiger partial charge in [0.1, 0.15) is 5.76 Å². The largest absolute Gasteiger partial charge is 0.478 e. The molecule has 0 atom stereocenters. The summed E-state index contributed by atoms with van der Waals surface area (Å²) in [5.41, 5.74) is 0.723. The minimum absolute atomic E-state index is 0.169. The Labute approximate surface area is 105 Å². The first kappa shape index (κ1) is 11.2. The smallest absolute Gasteiger partial charge is 0.335 e. The van der Waals surface area contributed by atoms with Crippen LogP contribution in [0.5, 0.6) is 0 Å². The first-order valence-electron chi connectivity index (χ1n) is 4.36. The van der Waals surface area contributed by atoms with E-state index in [1.54, 1.807) is 6.07 Å². The molecule has 0 aliphatic carbocycles. The van der Waals surface area contributed by atoms with Crippen LogP contribution in [-0.4, -0.2) is 11.1 Å². The number of hydrogen-bond donors (Lipinski definition) is 1. The Morgan fingerprint density at radius 3 is 2.69 bits per heavy atom. The molecule has 1 N–H and O–H groups in total. The van der Waals surface area contributed by atoms with E-state index in [1.807, 2.05) is 0 Å². The van der Waals surface area contributed by atoms with E-state index in [1.165, 1.54) is 24.5 Å². The van der Waals surface area contributed by atoms with Gasteiger partial charge in [0, 0.05) is 5.56 Å². The van der Waals surface area contributed by atoms with Gasteiger partial charge in [-0.2, -0.15) is 0 Å². The summed E-state index contributed by atoms with van der Waals surface area (Å²) in [5, 5.41) is 9.33. The summed E-state index contributed by atoms with van der Waals surface area (Å²) in [7, 11) is 0. The minimum atomic E-state index is -0.999. The third kappa shape index (κ3) is 1.99. The number of carbonyl (C=O) groups is 1. The first-order valence-corrected chi connectivity index (χ1v) is 5.53. The molecule has 0 aliphatic rings. The topological polar surface area (TPSA) is 50.4 Å². The zero-order valence-corrected chi connectivity index (χ0v) is 10.2. The average molecular weight is 302 g/mol. The Bertz CT molecular complexity index is 548. The van der Waals surface area contributed by atoms with E-state index in [9.17, 15) is 4.79 Å². The second kappa shape index (κ2) is 4.31. The Kier molecular flexibility index (Phi) is 3.03. The number of rotatable bonds is 2. The van der Waals surface area contributed by atoms with Crippen molar-refractivity contribution in [2.45, 2.75) is 0 Å². The lowest BCUT2D eigenvalue weighted by Crippen LogP contribution is -1.96. The maximum atomic E-state index is 10.8. The normalized spacial score (nSPS) is 10.4. The van der Waals surface area contributed by atoms with Crippen molar-refractivity contribution >= 4 is 33.5 Å².